The number of aromatic nitrogens is 2. The number of hydrogen-bond donors (Lipinski definition) is 2. The molecule has 0 unspecified atom stereocenters. The number of rotatable bonds is 5. The van der Waals surface area contributed by atoms with Crippen molar-refractivity contribution < 1.29 is 30.8 Å². The molecule has 2 aromatic rings. The van der Waals surface area contributed by atoms with E-state index < -0.39 is 39.0 Å². The monoisotopic (exact) mass is 408 g/mol. The minimum atomic E-state index is -4.82. The van der Waals surface area contributed by atoms with Crippen LogP contribution < -0.4 is 10.5 Å². The molecule has 1 amide bonds. The lowest BCUT2D eigenvalue weighted by molar-refractivity contribution is -0.147. The van der Waals surface area contributed by atoms with Crippen LogP contribution in [0.25, 0.3) is 11.1 Å². The van der Waals surface area contributed by atoms with Gasteiger partial charge in [0.2, 0.25) is 16.0 Å². The quantitative estimate of drug-likeness (QED) is 0.582. The molecule has 2 heterocycles. The summed E-state index contributed by atoms with van der Waals surface area (Å²) in [5.74, 6) is -1.83. The van der Waals surface area contributed by atoms with Crippen LogP contribution in [0.15, 0.2) is 23.4 Å². The number of sulfonamides is 1. The first-order chi connectivity index (χ1) is 12.3. The summed E-state index contributed by atoms with van der Waals surface area (Å²) in [5.41, 5.74) is 4.83. The van der Waals surface area contributed by atoms with Crippen molar-refractivity contribution in [3.05, 3.63) is 35.7 Å². The number of nitrogens with zero attached hydrogens (tertiary/aromatic N) is 2. The fraction of sp³-hybridized carbons (Fsp3) is 0.333. The van der Waals surface area contributed by atoms with Crippen LogP contribution >= 0.6 is 0 Å². The number of nitrogens with one attached hydrogen (secondary N) is 1. The number of amides is 1. The highest BCUT2D eigenvalue weighted by Gasteiger charge is 2.40. The predicted molar refractivity (Wildman–Crippen MR) is 87.7 cm³/mol. The molecule has 0 fully saturated rings. The van der Waals surface area contributed by atoms with Crippen molar-refractivity contribution in [2.45, 2.75) is 31.0 Å². The molecule has 1 atom stereocenters. The van der Waals surface area contributed by atoms with E-state index in [-0.39, 0.29) is 22.4 Å². The molecule has 148 valence electrons. The molecule has 0 aromatic carbocycles. The zero-order valence-electron chi connectivity index (χ0n) is 14.4. The Morgan fingerprint density at radius 1 is 1.37 bits per heavy atom. The summed E-state index contributed by atoms with van der Waals surface area (Å²) in [4.78, 5) is 14.7. The molecule has 0 saturated carbocycles. The lowest BCUT2D eigenvalue weighted by atomic mass is 10.1. The van der Waals surface area contributed by atoms with Gasteiger partial charge >= 0.3 is 6.18 Å². The zero-order valence-corrected chi connectivity index (χ0v) is 15.2. The Bertz CT molecular complexity index is 999. The Kier molecular flexibility index (Phi) is 5.34. The lowest BCUT2D eigenvalue weighted by Gasteiger charge is -2.17. The fourth-order valence-corrected chi connectivity index (χ4v) is 3.94. The third-order valence-corrected chi connectivity index (χ3v) is 5.35. The number of primary amides is 1. The van der Waals surface area contributed by atoms with Crippen LogP contribution in [-0.2, 0) is 17.1 Å². The van der Waals surface area contributed by atoms with Crippen LogP contribution in [0.5, 0.6) is 0 Å². The van der Waals surface area contributed by atoms with E-state index in [2.05, 4.69) is 4.98 Å². The molecule has 0 aliphatic heterocycles. The molecular formula is C15H16F4N4O3S. The van der Waals surface area contributed by atoms with E-state index in [1.165, 1.54) is 24.8 Å². The molecular weight excluding hydrogens is 392 g/mol. The summed E-state index contributed by atoms with van der Waals surface area (Å²) >= 11 is 0. The first-order valence-corrected chi connectivity index (χ1v) is 8.94. The first kappa shape index (κ1) is 20.8. The molecule has 0 bridgehead atoms. The van der Waals surface area contributed by atoms with E-state index in [1.807, 2.05) is 0 Å². The number of hydrogen-bond acceptors (Lipinski definition) is 4. The Morgan fingerprint density at radius 2 is 1.96 bits per heavy atom. The van der Waals surface area contributed by atoms with Crippen molar-refractivity contribution in [2.75, 3.05) is 0 Å². The number of alkyl halides is 3. The van der Waals surface area contributed by atoms with E-state index in [9.17, 15) is 30.8 Å². The molecule has 0 spiro atoms. The maximum absolute atomic E-state index is 13.5. The second-order valence-corrected chi connectivity index (χ2v) is 7.59. The molecule has 0 radical (unpaired) electrons. The maximum Gasteiger partial charge on any atom is 0.404 e. The van der Waals surface area contributed by atoms with Gasteiger partial charge in [0.25, 0.3) is 5.91 Å². The molecule has 2 aromatic heterocycles. The average Bonchev–Trinajstić information content (AvgIpc) is 2.87. The van der Waals surface area contributed by atoms with Gasteiger partial charge in [0.1, 0.15) is 16.6 Å². The van der Waals surface area contributed by atoms with E-state index in [4.69, 9.17) is 5.73 Å². The zero-order chi connectivity index (χ0) is 20.7. The molecule has 12 heteroatoms. The van der Waals surface area contributed by atoms with Crippen LogP contribution in [0.4, 0.5) is 17.6 Å². The van der Waals surface area contributed by atoms with Gasteiger partial charge in [-0.3, -0.25) is 4.79 Å². The number of halogens is 4. The first-order valence-electron chi connectivity index (χ1n) is 7.46. The lowest BCUT2D eigenvalue weighted by Crippen LogP contribution is -2.43. The molecule has 0 aliphatic carbocycles. The fourth-order valence-electron chi connectivity index (χ4n) is 2.44. The molecule has 3 N–H and O–H groups in total. The third-order valence-electron chi connectivity index (χ3n) is 3.80. The highest BCUT2D eigenvalue weighted by atomic mass is 32.2. The molecule has 2 rings (SSSR count). The van der Waals surface area contributed by atoms with E-state index in [1.54, 1.807) is 0 Å². The number of aryl methyl sites for hydroxylation is 2. The van der Waals surface area contributed by atoms with Crippen LogP contribution in [0.2, 0.25) is 0 Å². The second-order valence-electron chi connectivity index (χ2n) is 5.91. The Balaban J connectivity index is 2.72. The minimum Gasteiger partial charge on any atom is -0.364 e. The van der Waals surface area contributed by atoms with Crippen molar-refractivity contribution in [1.29, 1.82) is 0 Å². The maximum atomic E-state index is 13.5. The largest absolute Gasteiger partial charge is 0.404 e. The number of carbonyl (C=O) groups is 1. The Hall–Kier alpha value is -2.47. The summed E-state index contributed by atoms with van der Waals surface area (Å²) in [5, 5.41) is 0. The molecule has 0 saturated heterocycles. The topological polar surface area (TPSA) is 107 Å². The van der Waals surface area contributed by atoms with E-state index in [0.717, 1.165) is 17.0 Å². The SMILES string of the molecule is Cc1cc(-c2c(S(=O)(=O)N[C@H](C)C(F)(F)F)cn(C)c2C(N)=O)cnc1F. The van der Waals surface area contributed by atoms with Gasteiger partial charge in [-0.1, -0.05) is 0 Å². The Labute approximate surface area is 152 Å². The number of carbonyl (C=O) groups excluding carboxylic acids is 1. The van der Waals surface area contributed by atoms with Gasteiger partial charge in [-0.05, 0) is 19.9 Å². The summed E-state index contributed by atoms with van der Waals surface area (Å²) in [6.07, 6.45) is -2.89. The van der Waals surface area contributed by atoms with E-state index >= 15 is 0 Å². The van der Waals surface area contributed by atoms with Gasteiger partial charge < -0.3 is 10.3 Å². The van der Waals surface area contributed by atoms with Gasteiger partial charge in [0.15, 0.2) is 0 Å². The molecule has 7 nitrogen and oxygen atoms in total. The van der Waals surface area contributed by atoms with Crippen LogP contribution in [0.3, 0.4) is 0 Å². The summed E-state index contributed by atoms with van der Waals surface area (Å²) in [6, 6.07) is -1.16. The standard InChI is InChI=1S/C15H16F4N4O3S/c1-7-4-9(5-21-13(7)16)11-10(6-23(3)12(11)14(20)24)27(25,26)22-8(2)15(17,18)19/h4-6,8,22H,1-3H3,(H2,20,24)/t8-/m1/s1. The Morgan fingerprint density at radius 3 is 2.44 bits per heavy atom. The second kappa shape index (κ2) is 6.93. The summed E-state index contributed by atoms with van der Waals surface area (Å²) in [7, 11) is -3.39. The number of pyridine rings is 1. The van der Waals surface area contributed by atoms with Crippen molar-refractivity contribution in [3.8, 4) is 11.1 Å². The van der Waals surface area contributed by atoms with Crippen LogP contribution in [0.1, 0.15) is 23.0 Å². The van der Waals surface area contributed by atoms with Gasteiger partial charge in [-0.15, -0.1) is 0 Å². The van der Waals surface area contributed by atoms with Crippen molar-refractivity contribution in [3.63, 3.8) is 0 Å². The van der Waals surface area contributed by atoms with Gasteiger partial charge in [-0.2, -0.15) is 22.3 Å². The third kappa shape index (κ3) is 4.11. The average molecular weight is 408 g/mol. The minimum absolute atomic E-state index is 0.0170. The predicted octanol–water partition coefficient (Wildman–Crippen LogP) is 1.86. The smallest absolute Gasteiger partial charge is 0.364 e. The van der Waals surface area contributed by atoms with Crippen LogP contribution in [-0.4, -0.2) is 36.1 Å². The molecule has 0 aliphatic rings. The van der Waals surface area contributed by atoms with Crippen LogP contribution in [0, 0.1) is 12.9 Å². The summed E-state index contributed by atoms with van der Waals surface area (Å²) < 4.78 is 79.5. The van der Waals surface area contributed by atoms with Gasteiger partial charge in [0, 0.05) is 36.1 Å². The highest BCUT2D eigenvalue weighted by molar-refractivity contribution is 7.89. The van der Waals surface area contributed by atoms with Crippen molar-refractivity contribution in [2.24, 2.45) is 12.8 Å². The summed E-state index contributed by atoms with van der Waals surface area (Å²) in [6.45, 7) is 2.00. The number of nitrogens with two attached hydrogens (primary N) is 1. The van der Waals surface area contributed by atoms with Crippen molar-refractivity contribution >= 4 is 15.9 Å². The van der Waals surface area contributed by atoms with E-state index in [0.29, 0.717) is 6.92 Å². The molecule has 27 heavy (non-hydrogen) atoms. The highest BCUT2D eigenvalue weighted by Crippen LogP contribution is 2.33. The normalized spacial score (nSPS) is 13.6. The van der Waals surface area contributed by atoms with Gasteiger partial charge in [-0.25, -0.2) is 13.4 Å². The van der Waals surface area contributed by atoms with Crippen molar-refractivity contribution in [1.82, 2.24) is 14.3 Å². The van der Waals surface area contributed by atoms with Gasteiger partial charge in [0.05, 0.1) is 0 Å².